The van der Waals surface area contributed by atoms with E-state index in [1.165, 1.54) is 12.1 Å². The lowest BCUT2D eigenvalue weighted by atomic mass is 10.2. The maximum absolute atomic E-state index is 11.3. The Kier molecular flexibility index (Phi) is 4.14. The van der Waals surface area contributed by atoms with Crippen molar-refractivity contribution in [3.05, 3.63) is 46.0 Å². The van der Waals surface area contributed by atoms with E-state index in [1.807, 2.05) is 0 Å². The molecule has 94 valence electrons. The number of carboxylic acid groups (broad SMARTS) is 1. The minimum atomic E-state index is -1.52. The number of nitrogens with zero attached hydrogens (tertiary/aromatic N) is 1. The van der Waals surface area contributed by atoms with E-state index in [9.17, 15) is 24.8 Å². The highest BCUT2D eigenvalue weighted by atomic mass is 16.6. The highest BCUT2D eigenvalue weighted by Crippen LogP contribution is 2.25. The van der Waals surface area contributed by atoms with Gasteiger partial charge in [0.05, 0.1) is 10.9 Å². The lowest BCUT2D eigenvalue weighted by molar-refractivity contribution is -0.384. The molecule has 0 bridgehead atoms. The van der Waals surface area contributed by atoms with Gasteiger partial charge in [-0.2, -0.15) is 0 Å². The van der Waals surface area contributed by atoms with Gasteiger partial charge in [-0.15, -0.1) is 0 Å². The minimum Gasteiger partial charge on any atom is -0.545 e. The summed E-state index contributed by atoms with van der Waals surface area (Å²) in [4.78, 5) is 31.5. The van der Waals surface area contributed by atoms with Crippen molar-refractivity contribution in [2.75, 3.05) is 5.32 Å². The zero-order valence-electron chi connectivity index (χ0n) is 9.38. The van der Waals surface area contributed by atoms with Crippen molar-refractivity contribution in [2.45, 2.75) is 6.92 Å². The number of nitro groups is 1. The van der Waals surface area contributed by atoms with Crippen molar-refractivity contribution in [3.63, 3.8) is 0 Å². The summed E-state index contributed by atoms with van der Waals surface area (Å²) in [6, 6.07) is 4.27. The molecule has 0 aliphatic heterocycles. The maximum atomic E-state index is 11.3. The second-order valence-electron chi connectivity index (χ2n) is 3.42. The first-order valence-electron chi connectivity index (χ1n) is 4.85. The molecule has 0 radical (unpaired) electrons. The van der Waals surface area contributed by atoms with Gasteiger partial charge in [0.1, 0.15) is 5.69 Å². The largest absolute Gasteiger partial charge is 0.545 e. The van der Waals surface area contributed by atoms with Crippen LogP contribution in [0.1, 0.15) is 5.56 Å². The molecule has 0 fully saturated rings. The van der Waals surface area contributed by atoms with Crippen molar-refractivity contribution in [1.29, 1.82) is 0 Å². The lowest BCUT2D eigenvalue weighted by Gasteiger charge is -2.04. The highest BCUT2D eigenvalue weighted by molar-refractivity contribution is 6.03. The van der Waals surface area contributed by atoms with Crippen molar-refractivity contribution >= 4 is 23.3 Å². The van der Waals surface area contributed by atoms with E-state index in [1.54, 1.807) is 13.0 Å². The number of benzene rings is 1. The van der Waals surface area contributed by atoms with Gasteiger partial charge >= 0.3 is 0 Å². The van der Waals surface area contributed by atoms with E-state index < -0.39 is 16.8 Å². The number of nitro benzene ring substituents is 1. The summed E-state index contributed by atoms with van der Waals surface area (Å²) in [5.41, 5.74) is 0.411. The predicted octanol–water partition coefficient (Wildman–Crippen LogP) is 0.148. The quantitative estimate of drug-likeness (QED) is 0.463. The number of rotatable bonds is 4. The van der Waals surface area contributed by atoms with E-state index in [0.717, 1.165) is 6.08 Å². The molecule has 0 atom stereocenters. The van der Waals surface area contributed by atoms with Gasteiger partial charge in [-0.3, -0.25) is 14.9 Å². The summed E-state index contributed by atoms with van der Waals surface area (Å²) < 4.78 is 0. The Balaban J connectivity index is 2.94. The fourth-order valence-corrected chi connectivity index (χ4v) is 1.22. The van der Waals surface area contributed by atoms with Gasteiger partial charge in [-0.25, -0.2) is 0 Å². The van der Waals surface area contributed by atoms with Crippen LogP contribution in [0.25, 0.3) is 0 Å². The molecule has 1 N–H and O–H groups in total. The molecule has 0 aliphatic rings. The fourth-order valence-electron chi connectivity index (χ4n) is 1.22. The number of carboxylic acids is 1. The number of anilines is 1. The van der Waals surface area contributed by atoms with Gasteiger partial charge in [-0.1, -0.05) is 6.07 Å². The first kappa shape index (κ1) is 13.4. The molecule has 1 amide bonds. The Morgan fingerprint density at radius 1 is 1.33 bits per heavy atom. The molecule has 0 aliphatic carbocycles. The minimum absolute atomic E-state index is 0.00130. The van der Waals surface area contributed by atoms with Crippen molar-refractivity contribution < 1.29 is 19.6 Å². The average molecular weight is 249 g/mol. The van der Waals surface area contributed by atoms with Gasteiger partial charge in [0.25, 0.3) is 5.69 Å². The van der Waals surface area contributed by atoms with Gasteiger partial charge in [0, 0.05) is 12.1 Å². The Morgan fingerprint density at radius 2 is 2.00 bits per heavy atom. The predicted molar refractivity (Wildman–Crippen MR) is 60.6 cm³/mol. The van der Waals surface area contributed by atoms with Crippen LogP contribution in [0.15, 0.2) is 30.4 Å². The molecule has 0 saturated heterocycles. The number of carbonyl (C=O) groups excluding carboxylic acids is 2. The zero-order chi connectivity index (χ0) is 13.7. The molecular weight excluding hydrogens is 240 g/mol. The van der Waals surface area contributed by atoms with Crippen molar-refractivity contribution in [1.82, 2.24) is 0 Å². The number of hydrogen-bond acceptors (Lipinski definition) is 5. The van der Waals surface area contributed by atoms with Crippen LogP contribution in [-0.2, 0) is 9.59 Å². The molecule has 0 heterocycles. The Bertz CT molecular complexity index is 536. The molecule has 18 heavy (non-hydrogen) atoms. The van der Waals surface area contributed by atoms with Gasteiger partial charge < -0.3 is 15.2 Å². The number of amides is 1. The summed E-state index contributed by atoms with van der Waals surface area (Å²) in [7, 11) is 0. The first-order valence-corrected chi connectivity index (χ1v) is 4.85. The van der Waals surface area contributed by atoms with Crippen LogP contribution in [0.5, 0.6) is 0 Å². The molecule has 0 unspecified atom stereocenters. The van der Waals surface area contributed by atoms with Crippen molar-refractivity contribution in [2.24, 2.45) is 0 Å². The van der Waals surface area contributed by atoms with Crippen LogP contribution in [0.4, 0.5) is 11.4 Å². The first-order chi connectivity index (χ1) is 8.40. The summed E-state index contributed by atoms with van der Waals surface area (Å²) in [6.07, 6.45) is 1.26. The number of aliphatic carboxylic acids is 1. The fraction of sp³-hybridized carbons (Fsp3) is 0.0909. The highest BCUT2D eigenvalue weighted by Gasteiger charge is 2.14. The topological polar surface area (TPSA) is 112 Å². The molecule has 7 heteroatoms. The normalized spacial score (nSPS) is 10.3. The number of hydrogen-bond donors (Lipinski definition) is 1. The molecule has 7 nitrogen and oxygen atoms in total. The lowest BCUT2D eigenvalue weighted by Crippen LogP contribution is -2.20. The Hall–Kier alpha value is -2.70. The van der Waals surface area contributed by atoms with Crippen LogP contribution in [0.3, 0.4) is 0 Å². The smallest absolute Gasteiger partial charge is 0.293 e. The van der Waals surface area contributed by atoms with E-state index in [-0.39, 0.29) is 11.4 Å². The van der Waals surface area contributed by atoms with E-state index in [4.69, 9.17) is 0 Å². The second-order valence-corrected chi connectivity index (χ2v) is 3.42. The standard InChI is InChI=1S/C11H10N2O5/c1-7-2-3-8(9(6-7)13(17)18)12-10(14)4-5-11(15)16/h2-6H,1H3,(H,12,14)(H,15,16)/p-1. The van der Waals surface area contributed by atoms with Gasteiger partial charge in [0.2, 0.25) is 5.91 Å². The van der Waals surface area contributed by atoms with Gasteiger partial charge in [0.15, 0.2) is 0 Å². The number of aryl methyl sites for hydroxylation is 1. The summed E-state index contributed by atoms with van der Waals surface area (Å²) in [5.74, 6) is -2.31. The summed E-state index contributed by atoms with van der Waals surface area (Å²) in [5, 5.41) is 23.1. The molecule has 0 spiro atoms. The number of nitrogens with one attached hydrogen (secondary N) is 1. The molecular formula is C11H9N2O5-. The van der Waals surface area contributed by atoms with Crippen LogP contribution in [0, 0.1) is 17.0 Å². The summed E-state index contributed by atoms with van der Waals surface area (Å²) >= 11 is 0. The summed E-state index contributed by atoms with van der Waals surface area (Å²) in [6.45, 7) is 1.68. The monoisotopic (exact) mass is 249 g/mol. The van der Waals surface area contributed by atoms with Crippen LogP contribution >= 0.6 is 0 Å². The third kappa shape index (κ3) is 3.71. The molecule has 1 rings (SSSR count). The van der Waals surface area contributed by atoms with E-state index >= 15 is 0 Å². The van der Waals surface area contributed by atoms with Gasteiger partial charge in [-0.05, 0) is 24.6 Å². The third-order valence-corrected chi connectivity index (χ3v) is 1.98. The van der Waals surface area contributed by atoms with Crippen LogP contribution in [-0.4, -0.2) is 16.8 Å². The maximum Gasteiger partial charge on any atom is 0.293 e. The second kappa shape index (κ2) is 5.58. The molecule has 1 aromatic carbocycles. The third-order valence-electron chi connectivity index (χ3n) is 1.98. The van der Waals surface area contributed by atoms with Crippen LogP contribution in [0.2, 0.25) is 0 Å². The Labute approximate surface area is 102 Å². The molecule has 0 saturated carbocycles. The SMILES string of the molecule is Cc1ccc(NC(=O)C=CC(=O)[O-])c([N+](=O)[O-])c1. The van der Waals surface area contributed by atoms with E-state index in [0.29, 0.717) is 11.6 Å². The molecule has 1 aromatic rings. The Morgan fingerprint density at radius 3 is 2.56 bits per heavy atom. The number of carbonyl (C=O) groups is 2. The van der Waals surface area contributed by atoms with Crippen molar-refractivity contribution in [3.8, 4) is 0 Å². The van der Waals surface area contributed by atoms with Crippen LogP contribution < -0.4 is 10.4 Å². The molecule has 0 aromatic heterocycles. The van der Waals surface area contributed by atoms with E-state index in [2.05, 4.69) is 5.32 Å². The average Bonchev–Trinajstić information content (AvgIpc) is 2.28. The zero-order valence-corrected chi connectivity index (χ0v) is 9.38.